The van der Waals surface area contributed by atoms with Gasteiger partial charge in [-0.15, -0.1) is 0 Å². The van der Waals surface area contributed by atoms with Crippen LogP contribution in [-0.2, 0) is 17.8 Å². The predicted molar refractivity (Wildman–Crippen MR) is 71.7 cm³/mol. The van der Waals surface area contributed by atoms with Gasteiger partial charge in [-0.05, 0) is 26.0 Å². The van der Waals surface area contributed by atoms with Crippen molar-refractivity contribution in [1.29, 1.82) is 0 Å². The molecule has 0 unspecified atom stereocenters. The molecule has 1 N–H and O–H groups in total. The van der Waals surface area contributed by atoms with Crippen molar-refractivity contribution in [3.8, 4) is 0 Å². The highest BCUT2D eigenvalue weighted by atomic mass is 16.5. The maximum atomic E-state index is 12.1. The summed E-state index contributed by atoms with van der Waals surface area (Å²) < 4.78 is 6.46. The summed E-state index contributed by atoms with van der Waals surface area (Å²) in [6.45, 7) is 6.59. The van der Waals surface area contributed by atoms with E-state index in [0.29, 0.717) is 19.7 Å². The van der Waals surface area contributed by atoms with E-state index >= 15 is 0 Å². The van der Waals surface area contributed by atoms with Crippen LogP contribution in [0.1, 0.15) is 31.0 Å². The standard InChI is InChI=1S/C13H23N3O2/c1-4-5-6-14-10-12-9-11(2)15-16(13(12)17)7-8-18-3/h9,14H,4-8,10H2,1-3H3. The lowest BCUT2D eigenvalue weighted by Crippen LogP contribution is -2.31. The smallest absolute Gasteiger partial charge is 0.271 e. The second-order valence-corrected chi connectivity index (χ2v) is 4.36. The molecule has 0 radical (unpaired) electrons. The molecule has 0 aliphatic rings. The number of aryl methyl sites for hydroxylation is 1. The van der Waals surface area contributed by atoms with E-state index in [4.69, 9.17) is 4.74 Å². The zero-order chi connectivity index (χ0) is 13.4. The maximum Gasteiger partial charge on any atom is 0.271 e. The maximum absolute atomic E-state index is 12.1. The molecule has 1 rings (SSSR count). The lowest BCUT2D eigenvalue weighted by molar-refractivity contribution is 0.181. The Morgan fingerprint density at radius 2 is 2.28 bits per heavy atom. The minimum Gasteiger partial charge on any atom is -0.383 e. The fourth-order valence-corrected chi connectivity index (χ4v) is 1.73. The van der Waals surface area contributed by atoms with Crippen molar-refractivity contribution < 1.29 is 4.74 Å². The SMILES string of the molecule is CCCCNCc1cc(C)nn(CCOC)c1=O. The number of ether oxygens (including phenoxy) is 1. The quantitative estimate of drug-likeness (QED) is 0.705. The normalized spacial score (nSPS) is 10.8. The average Bonchev–Trinajstić information content (AvgIpc) is 2.36. The van der Waals surface area contributed by atoms with Crippen LogP contribution in [0.2, 0.25) is 0 Å². The zero-order valence-corrected chi connectivity index (χ0v) is 11.5. The summed E-state index contributed by atoms with van der Waals surface area (Å²) in [5.74, 6) is 0. The average molecular weight is 253 g/mol. The van der Waals surface area contributed by atoms with Crippen LogP contribution in [-0.4, -0.2) is 30.0 Å². The third-order valence-corrected chi connectivity index (χ3v) is 2.70. The Hall–Kier alpha value is -1.20. The van der Waals surface area contributed by atoms with E-state index in [1.807, 2.05) is 13.0 Å². The first kappa shape index (κ1) is 14.9. The summed E-state index contributed by atoms with van der Waals surface area (Å²) in [6, 6.07) is 1.85. The molecule has 0 saturated carbocycles. The monoisotopic (exact) mass is 253 g/mol. The van der Waals surface area contributed by atoms with Gasteiger partial charge in [0, 0.05) is 19.2 Å². The van der Waals surface area contributed by atoms with E-state index in [1.54, 1.807) is 7.11 Å². The summed E-state index contributed by atoms with van der Waals surface area (Å²) in [5, 5.41) is 7.49. The molecule has 0 spiro atoms. The van der Waals surface area contributed by atoms with Crippen LogP contribution in [0.5, 0.6) is 0 Å². The molecule has 1 aromatic heterocycles. The Morgan fingerprint density at radius 3 is 2.94 bits per heavy atom. The lowest BCUT2D eigenvalue weighted by Gasteiger charge is -2.09. The fraction of sp³-hybridized carbons (Fsp3) is 0.692. The largest absolute Gasteiger partial charge is 0.383 e. The molecule has 1 heterocycles. The topological polar surface area (TPSA) is 56.1 Å². The predicted octanol–water partition coefficient (Wildman–Crippen LogP) is 1.09. The Labute approximate surface area is 108 Å². The van der Waals surface area contributed by atoms with Crippen molar-refractivity contribution in [1.82, 2.24) is 15.1 Å². The molecule has 0 amide bonds. The summed E-state index contributed by atoms with van der Waals surface area (Å²) in [5.41, 5.74) is 1.61. The molecule has 5 heteroatoms. The molecule has 0 aliphatic heterocycles. The van der Waals surface area contributed by atoms with E-state index in [2.05, 4.69) is 17.3 Å². The molecular weight excluding hydrogens is 230 g/mol. The van der Waals surface area contributed by atoms with Gasteiger partial charge in [-0.25, -0.2) is 4.68 Å². The van der Waals surface area contributed by atoms with E-state index < -0.39 is 0 Å². The van der Waals surface area contributed by atoms with Gasteiger partial charge in [-0.1, -0.05) is 13.3 Å². The number of rotatable bonds is 8. The van der Waals surface area contributed by atoms with Gasteiger partial charge in [0.15, 0.2) is 0 Å². The number of hydrogen-bond donors (Lipinski definition) is 1. The van der Waals surface area contributed by atoms with Crippen LogP contribution in [0, 0.1) is 6.92 Å². The minimum absolute atomic E-state index is 0.0263. The molecule has 0 aliphatic carbocycles. The van der Waals surface area contributed by atoms with Crippen LogP contribution in [0.15, 0.2) is 10.9 Å². The second kappa shape index (κ2) is 8.00. The number of unbranched alkanes of at least 4 members (excludes halogenated alkanes) is 1. The minimum atomic E-state index is -0.0263. The van der Waals surface area contributed by atoms with Crippen LogP contribution in [0.4, 0.5) is 0 Å². The first-order valence-corrected chi connectivity index (χ1v) is 6.46. The Balaban J connectivity index is 2.71. The van der Waals surface area contributed by atoms with Crippen molar-refractivity contribution in [3.05, 3.63) is 27.7 Å². The van der Waals surface area contributed by atoms with E-state index in [9.17, 15) is 4.79 Å². The molecule has 0 aromatic carbocycles. The van der Waals surface area contributed by atoms with Crippen molar-refractivity contribution in [2.24, 2.45) is 0 Å². The van der Waals surface area contributed by atoms with Crippen molar-refractivity contribution >= 4 is 0 Å². The van der Waals surface area contributed by atoms with Gasteiger partial charge in [0.1, 0.15) is 0 Å². The van der Waals surface area contributed by atoms with Gasteiger partial charge in [0.25, 0.3) is 5.56 Å². The number of nitrogens with one attached hydrogen (secondary N) is 1. The van der Waals surface area contributed by atoms with E-state index in [-0.39, 0.29) is 5.56 Å². The van der Waals surface area contributed by atoms with Crippen molar-refractivity contribution in [2.75, 3.05) is 20.3 Å². The first-order valence-electron chi connectivity index (χ1n) is 6.46. The molecule has 18 heavy (non-hydrogen) atoms. The van der Waals surface area contributed by atoms with Gasteiger partial charge in [-0.2, -0.15) is 5.10 Å². The van der Waals surface area contributed by atoms with Crippen LogP contribution >= 0.6 is 0 Å². The molecule has 1 aromatic rings. The second-order valence-electron chi connectivity index (χ2n) is 4.36. The van der Waals surface area contributed by atoms with Crippen LogP contribution in [0.3, 0.4) is 0 Å². The Morgan fingerprint density at radius 1 is 1.50 bits per heavy atom. The third kappa shape index (κ3) is 4.58. The highest BCUT2D eigenvalue weighted by molar-refractivity contribution is 5.12. The Kier molecular flexibility index (Phi) is 6.60. The first-order chi connectivity index (χ1) is 8.69. The van der Waals surface area contributed by atoms with Crippen molar-refractivity contribution in [3.63, 3.8) is 0 Å². The number of hydrogen-bond acceptors (Lipinski definition) is 4. The van der Waals surface area contributed by atoms with Gasteiger partial charge in [0.2, 0.25) is 0 Å². The zero-order valence-electron chi connectivity index (χ0n) is 11.5. The van der Waals surface area contributed by atoms with Gasteiger partial charge < -0.3 is 10.1 Å². The summed E-state index contributed by atoms with van der Waals surface area (Å²) in [7, 11) is 1.62. The Bertz CT molecular complexity index is 415. The number of methoxy groups -OCH3 is 1. The third-order valence-electron chi connectivity index (χ3n) is 2.70. The number of aromatic nitrogens is 2. The van der Waals surface area contributed by atoms with Gasteiger partial charge >= 0.3 is 0 Å². The molecule has 0 saturated heterocycles. The molecule has 0 atom stereocenters. The highest BCUT2D eigenvalue weighted by Gasteiger charge is 2.06. The van der Waals surface area contributed by atoms with Gasteiger partial charge in [0.05, 0.1) is 18.8 Å². The molecule has 0 fully saturated rings. The van der Waals surface area contributed by atoms with Crippen LogP contribution < -0.4 is 10.9 Å². The van der Waals surface area contributed by atoms with Crippen molar-refractivity contribution in [2.45, 2.75) is 39.8 Å². The highest BCUT2D eigenvalue weighted by Crippen LogP contribution is 1.96. The molecule has 102 valence electrons. The lowest BCUT2D eigenvalue weighted by atomic mass is 10.2. The number of nitrogens with zero attached hydrogens (tertiary/aromatic N) is 2. The van der Waals surface area contributed by atoms with E-state index in [0.717, 1.165) is 30.6 Å². The fourth-order valence-electron chi connectivity index (χ4n) is 1.73. The van der Waals surface area contributed by atoms with E-state index in [1.165, 1.54) is 4.68 Å². The molecule has 5 nitrogen and oxygen atoms in total. The summed E-state index contributed by atoms with van der Waals surface area (Å²) in [4.78, 5) is 12.1. The summed E-state index contributed by atoms with van der Waals surface area (Å²) in [6.07, 6.45) is 2.28. The molecule has 0 bridgehead atoms. The van der Waals surface area contributed by atoms with Gasteiger partial charge in [-0.3, -0.25) is 4.79 Å². The summed E-state index contributed by atoms with van der Waals surface area (Å²) >= 11 is 0. The van der Waals surface area contributed by atoms with Crippen LogP contribution in [0.25, 0.3) is 0 Å². The molecular formula is C13H23N3O2.